The standard InChI is InChI=1S/C14H24N4O2/c1-5-11(3)18(8-9-20-4)14-12(13(15)17-19)10(2)6-7-16-14/h6-7,11,19H,5,8-9H2,1-4H3,(H2,15,17). The van der Waals surface area contributed by atoms with Crippen molar-refractivity contribution in [2.75, 3.05) is 25.2 Å². The normalized spacial score (nSPS) is 13.3. The van der Waals surface area contributed by atoms with Gasteiger partial charge < -0.3 is 20.6 Å². The van der Waals surface area contributed by atoms with Crippen LogP contribution < -0.4 is 10.6 Å². The van der Waals surface area contributed by atoms with Gasteiger partial charge in [-0.3, -0.25) is 0 Å². The number of oxime groups is 1. The highest BCUT2D eigenvalue weighted by Gasteiger charge is 2.21. The Labute approximate surface area is 120 Å². The number of nitrogens with two attached hydrogens (primary N) is 1. The molecule has 112 valence electrons. The zero-order chi connectivity index (χ0) is 15.1. The summed E-state index contributed by atoms with van der Waals surface area (Å²) in [6.07, 6.45) is 2.70. The number of amidine groups is 1. The molecule has 1 unspecified atom stereocenters. The topological polar surface area (TPSA) is 84.0 Å². The van der Waals surface area contributed by atoms with E-state index in [2.05, 4.69) is 28.9 Å². The van der Waals surface area contributed by atoms with E-state index in [9.17, 15) is 0 Å². The Morgan fingerprint density at radius 2 is 2.30 bits per heavy atom. The summed E-state index contributed by atoms with van der Waals surface area (Å²) in [5.41, 5.74) is 7.41. The molecule has 1 rings (SSSR count). The minimum Gasteiger partial charge on any atom is -0.409 e. The lowest BCUT2D eigenvalue weighted by molar-refractivity contribution is 0.203. The molecule has 0 bridgehead atoms. The highest BCUT2D eigenvalue weighted by molar-refractivity contribution is 6.02. The molecular weight excluding hydrogens is 256 g/mol. The first-order valence-electron chi connectivity index (χ1n) is 6.75. The van der Waals surface area contributed by atoms with Gasteiger partial charge in [-0.25, -0.2) is 4.98 Å². The van der Waals surface area contributed by atoms with E-state index in [0.29, 0.717) is 18.7 Å². The van der Waals surface area contributed by atoms with Crippen LogP contribution in [0.1, 0.15) is 31.4 Å². The lowest BCUT2D eigenvalue weighted by atomic mass is 10.1. The van der Waals surface area contributed by atoms with E-state index in [1.54, 1.807) is 13.3 Å². The minimum absolute atomic E-state index is 0.0799. The maximum absolute atomic E-state index is 8.98. The van der Waals surface area contributed by atoms with E-state index in [1.807, 2.05) is 13.0 Å². The van der Waals surface area contributed by atoms with Crippen LogP contribution >= 0.6 is 0 Å². The summed E-state index contributed by atoms with van der Waals surface area (Å²) in [4.78, 5) is 6.56. The third kappa shape index (κ3) is 3.60. The van der Waals surface area contributed by atoms with Crippen molar-refractivity contribution < 1.29 is 9.94 Å². The Bertz CT molecular complexity index is 462. The second-order valence-electron chi connectivity index (χ2n) is 4.76. The van der Waals surface area contributed by atoms with Crippen molar-refractivity contribution in [2.24, 2.45) is 10.9 Å². The van der Waals surface area contributed by atoms with Crippen LogP contribution in [-0.4, -0.2) is 42.3 Å². The Balaban J connectivity index is 3.28. The van der Waals surface area contributed by atoms with Crippen LogP contribution in [0.25, 0.3) is 0 Å². The number of aryl methyl sites for hydroxylation is 1. The fraction of sp³-hybridized carbons (Fsp3) is 0.571. The molecule has 1 aromatic rings. The monoisotopic (exact) mass is 280 g/mol. The third-order valence-corrected chi connectivity index (χ3v) is 3.43. The summed E-state index contributed by atoms with van der Waals surface area (Å²) in [5, 5.41) is 12.1. The van der Waals surface area contributed by atoms with E-state index in [0.717, 1.165) is 17.8 Å². The number of pyridine rings is 1. The number of hydrogen-bond acceptors (Lipinski definition) is 5. The first kappa shape index (κ1) is 16.2. The predicted molar refractivity (Wildman–Crippen MR) is 80.5 cm³/mol. The van der Waals surface area contributed by atoms with Gasteiger partial charge in [-0.1, -0.05) is 12.1 Å². The lowest BCUT2D eigenvalue weighted by Crippen LogP contribution is -2.38. The van der Waals surface area contributed by atoms with Gasteiger partial charge in [0.05, 0.1) is 12.2 Å². The average molecular weight is 280 g/mol. The summed E-state index contributed by atoms with van der Waals surface area (Å²) in [6, 6.07) is 2.13. The highest BCUT2D eigenvalue weighted by atomic mass is 16.5. The molecule has 20 heavy (non-hydrogen) atoms. The largest absolute Gasteiger partial charge is 0.409 e. The van der Waals surface area contributed by atoms with E-state index in [4.69, 9.17) is 15.7 Å². The van der Waals surface area contributed by atoms with Gasteiger partial charge in [-0.05, 0) is 31.9 Å². The molecule has 1 heterocycles. The molecule has 1 atom stereocenters. The van der Waals surface area contributed by atoms with Crippen molar-refractivity contribution in [3.63, 3.8) is 0 Å². The van der Waals surface area contributed by atoms with Crippen molar-refractivity contribution in [3.05, 3.63) is 23.4 Å². The molecule has 0 aliphatic carbocycles. The second-order valence-corrected chi connectivity index (χ2v) is 4.76. The van der Waals surface area contributed by atoms with Crippen molar-refractivity contribution in [3.8, 4) is 0 Å². The van der Waals surface area contributed by atoms with Crippen LogP contribution in [0.5, 0.6) is 0 Å². The zero-order valence-electron chi connectivity index (χ0n) is 12.6. The van der Waals surface area contributed by atoms with Gasteiger partial charge in [0, 0.05) is 25.9 Å². The summed E-state index contributed by atoms with van der Waals surface area (Å²) >= 11 is 0. The van der Waals surface area contributed by atoms with Gasteiger partial charge in [0.15, 0.2) is 5.84 Å². The molecule has 6 heteroatoms. The zero-order valence-corrected chi connectivity index (χ0v) is 12.6. The van der Waals surface area contributed by atoms with Gasteiger partial charge >= 0.3 is 0 Å². The summed E-state index contributed by atoms with van der Waals surface area (Å²) < 4.78 is 5.17. The van der Waals surface area contributed by atoms with Crippen molar-refractivity contribution >= 4 is 11.7 Å². The van der Waals surface area contributed by atoms with Gasteiger partial charge in [-0.2, -0.15) is 0 Å². The smallest absolute Gasteiger partial charge is 0.174 e. The van der Waals surface area contributed by atoms with Gasteiger partial charge in [-0.15, -0.1) is 0 Å². The van der Waals surface area contributed by atoms with Crippen LogP contribution in [0.2, 0.25) is 0 Å². The Morgan fingerprint density at radius 1 is 1.60 bits per heavy atom. The molecule has 3 N–H and O–H groups in total. The molecule has 6 nitrogen and oxygen atoms in total. The quantitative estimate of drug-likeness (QED) is 0.344. The number of anilines is 1. The average Bonchev–Trinajstić information content (AvgIpc) is 2.46. The van der Waals surface area contributed by atoms with Gasteiger partial charge in [0.2, 0.25) is 0 Å². The highest BCUT2D eigenvalue weighted by Crippen LogP contribution is 2.23. The van der Waals surface area contributed by atoms with Gasteiger partial charge in [0.1, 0.15) is 5.82 Å². The molecule has 0 fully saturated rings. The lowest BCUT2D eigenvalue weighted by Gasteiger charge is -2.31. The molecule has 0 radical (unpaired) electrons. The summed E-state index contributed by atoms with van der Waals surface area (Å²) in [7, 11) is 1.67. The first-order valence-corrected chi connectivity index (χ1v) is 6.75. The third-order valence-electron chi connectivity index (χ3n) is 3.43. The summed E-state index contributed by atoms with van der Waals surface area (Å²) in [5.74, 6) is 0.808. The van der Waals surface area contributed by atoms with Crippen LogP contribution in [0, 0.1) is 6.92 Å². The van der Waals surface area contributed by atoms with E-state index >= 15 is 0 Å². The van der Waals surface area contributed by atoms with E-state index < -0.39 is 0 Å². The Hall–Kier alpha value is -1.82. The van der Waals surface area contributed by atoms with Crippen LogP contribution in [-0.2, 0) is 4.74 Å². The Morgan fingerprint density at radius 3 is 2.85 bits per heavy atom. The molecule has 1 aromatic heterocycles. The first-order chi connectivity index (χ1) is 9.56. The minimum atomic E-state index is 0.0799. The number of ether oxygens (including phenoxy) is 1. The molecule has 0 aliphatic heterocycles. The fourth-order valence-corrected chi connectivity index (χ4v) is 2.07. The van der Waals surface area contributed by atoms with E-state index in [-0.39, 0.29) is 11.9 Å². The van der Waals surface area contributed by atoms with Crippen LogP contribution in [0.3, 0.4) is 0 Å². The molecule has 0 aliphatic rings. The number of aromatic nitrogens is 1. The van der Waals surface area contributed by atoms with Crippen molar-refractivity contribution in [1.29, 1.82) is 0 Å². The van der Waals surface area contributed by atoms with Crippen molar-refractivity contribution in [1.82, 2.24) is 4.98 Å². The molecule has 0 saturated carbocycles. The molecule has 0 amide bonds. The number of methoxy groups -OCH3 is 1. The molecule has 0 aromatic carbocycles. The maximum atomic E-state index is 8.98. The second kappa shape index (κ2) is 7.69. The predicted octanol–water partition coefficient (Wildman–Crippen LogP) is 1.74. The van der Waals surface area contributed by atoms with E-state index in [1.165, 1.54) is 0 Å². The number of hydrogen-bond donors (Lipinski definition) is 2. The van der Waals surface area contributed by atoms with Gasteiger partial charge in [0.25, 0.3) is 0 Å². The summed E-state index contributed by atoms with van der Waals surface area (Å²) in [6.45, 7) is 7.45. The maximum Gasteiger partial charge on any atom is 0.174 e. The molecule has 0 saturated heterocycles. The van der Waals surface area contributed by atoms with Crippen LogP contribution in [0.4, 0.5) is 5.82 Å². The Kier molecular flexibility index (Phi) is 6.24. The molecular formula is C14H24N4O2. The SMILES string of the molecule is CCC(C)N(CCOC)c1nccc(C)c1/C(N)=N/O. The molecule has 0 spiro atoms. The van der Waals surface area contributed by atoms with Crippen LogP contribution in [0.15, 0.2) is 17.4 Å². The fourth-order valence-electron chi connectivity index (χ4n) is 2.07. The number of rotatable bonds is 7. The van der Waals surface area contributed by atoms with Crippen molar-refractivity contribution in [2.45, 2.75) is 33.2 Å². The number of nitrogens with zero attached hydrogens (tertiary/aromatic N) is 3.